The van der Waals surface area contributed by atoms with Crippen LogP contribution in [0.15, 0.2) is 18.2 Å². The number of halogens is 1. The van der Waals surface area contributed by atoms with Gasteiger partial charge in [-0.25, -0.2) is 8.42 Å². The van der Waals surface area contributed by atoms with Crippen LogP contribution in [-0.2, 0) is 10.0 Å². The Labute approximate surface area is 126 Å². The van der Waals surface area contributed by atoms with Gasteiger partial charge in [-0.2, -0.15) is 0 Å². The van der Waals surface area contributed by atoms with Crippen molar-refractivity contribution in [2.75, 3.05) is 23.0 Å². The first-order valence-corrected chi connectivity index (χ1v) is 8.97. The number of ether oxygens (including phenoxy) is 1. The van der Waals surface area contributed by atoms with E-state index in [1.54, 1.807) is 6.07 Å². The van der Waals surface area contributed by atoms with Gasteiger partial charge in [0.2, 0.25) is 10.0 Å². The summed E-state index contributed by atoms with van der Waals surface area (Å²) >= 11 is 5.56. The van der Waals surface area contributed by atoms with Gasteiger partial charge in [-0.15, -0.1) is 11.6 Å². The summed E-state index contributed by atoms with van der Waals surface area (Å²) < 4.78 is 32.1. The number of benzene rings is 1. The van der Waals surface area contributed by atoms with Gasteiger partial charge in [0.25, 0.3) is 0 Å². The largest absolute Gasteiger partial charge is 0.491 e. The van der Waals surface area contributed by atoms with E-state index in [0.717, 1.165) is 12.0 Å². The van der Waals surface area contributed by atoms with Crippen molar-refractivity contribution < 1.29 is 13.2 Å². The molecule has 1 rings (SSSR count). The lowest BCUT2D eigenvalue weighted by Gasteiger charge is -2.14. The number of hydrogen-bond acceptors (Lipinski definition) is 3. The smallest absolute Gasteiger partial charge is 0.232 e. The molecular formula is C14H22ClNO3S. The molecule has 1 aromatic rings. The molecule has 0 heterocycles. The predicted octanol–water partition coefficient (Wildman–Crippen LogP) is 3.54. The fourth-order valence-electron chi connectivity index (χ4n) is 1.65. The van der Waals surface area contributed by atoms with Crippen molar-refractivity contribution in [3.63, 3.8) is 0 Å². The van der Waals surface area contributed by atoms with Crippen molar-refractivity contribution in [1.82, 2.24) is 0 Å². The third-order valence-corrected chi connectivity index (χ3v) is 4.29. The Morgan fingerprint density at radius 1 is 1.30 bits per heavy atom. The van der Waals surface area contributed by atoms with Crippen LogP contribution in [0.5, 0.6) is 5.75 Å². The molecule has 0 aromatic heterocycles. The standard InChI is InChI=1S/C14H22ClNO3S/c1-3-9-19-14-11-12(2)6-7-13(14)16-20(17,18)10-5-4-8-15/h6-7,11,16H,3-5,8-10H2,1-2H3. The Balaban J connectivity index is 2.79. The van der Waals surface area contributed by atoms with Crippen LogP contribution in [0, 0.1) is 6.92 Å². The lowest BCUT2D eigenvalue weighted by atomic mass is 10.2. The van der Waals surface area contributed by atoms with Crippen LogP contribution < -0.4 is 9.46 Å². The SMILES string of the molecule is CCCOc1cc(C)ccc1NS(=O)(=O)CCCCCl. The quantitative estimate of drug-likeness (QED) is 0.559. The highest BCUT2D eigenvalue weighted by Gasteiger charge is 2.13. The van der Waals surface area contributed by atoms with Gasteiger partial charge in [0, 0.05) is 5.88 Å². The number of alkyl halides is 1. The molecule has 0 saturated heterocycles. The van der Waals surface area contributed by atoms with Crippen molar-refractivity contribution in [1.29, 1.82) is 0 Å². The number of rotatable bonds is 9. The second-order valence-electron chi connectivity index (χ2n) is 4.67. The van der Waals surface area contributed by atoms with Crippen LogP contribution in [0.2, 0.25) is 0 Å². The maximum Gasteiger partial charge on any atom is 0.232 e. The van der Waals surface area contributed by atoms with Crippen molar-refractivity contribution in [2.45, 2.75) is 33.1 Å². The first-order chi connectivity index (χ1) is 9.48. The Kier molecular flexibility index (Phi) is 7.16. The number of aryl methyl sites for hydroxylation is 1. The lowest BCUT2D eigenvalue weighted by molar-refractivity contribution is 0.319. The molecule has 0 spiro atoms. The molecule has 0 atom stereocenters. The van der Waals surface area contributed by atoms with Crippen LogP contribution in [0.3, 0.4) is 0 Å². The first kappa shape index (κ1) is 17.1. The number of sulfonamides is 1. The zero-order valence-electron chi connectivity index (χ0n) is 12.0. The molecule has 0 aliphatic heterocycles. The van der Waals surface area contributed by atoms with Gasteiger partial charge >= 0.3 is 0 Å². The van der Waals surface area contributed by atoms with Gasteiger partial charge < -0.3 is 4.74 Å². The Morgan fingerprint density at radius 2 is 2.05 bits per heavy atom. The fraction of sp³-hybridized carbons (Fsp3) is 0.571. The molecule has 6 heteroatoms. The Bertz CT molecular complexity index is 517. The van der Waals surface area contributed by atoms with E-state index in [2.05, 4.69) is 4.72 Å². The molecule has 0 radical (unpaired) electrons. The third-order valence-electron chi connectivity index (χ3n) is 2.66. The lowest BCUT2D eigenvalue weighted by Crippen LogP contribution is -2.17. The molecule has 4 nitrogen and oxygen atoms in total. The summed E-state index contributed by atoms with van der Waals surface area (Å²) in [5.74, 6) is 1.12. The predicted molar refractivity (Wildman–Crippen MR) is 84.3 cm³/mol. The highest BCUT2D eigenvalue weighted by atomic mass is 35.5. The molecule has 20 heavy (non-hydrogen) atoms. The van der Waals surface area contributed by atoms with Gasteiger partial charge in [-0.05, 0) is 43.9 Å². The minimum atomic E-state index is -3.36. The molecule has 1 aromatic carbocycles. The van der Waals surface area contributed by atoms with E-state index < -0.39 is 10.0 Å². The molecule has 0 saturated carbocycles. The number of anilines is 1. The van der Waals surface area contributed by atoms with Crippen molar-refractivity contribution in [3.8, 4) is 5.75 Å². The van der Waals surface area contributed by atoms with Crippen LogP contribution >= 0.6 is 11.6 Å². The summed E-state index contributed by atoms with van der Waals surface area (Å²) in [6.45, 7) is 4.51. The van der Waals surface area contributed by atoms with E-state index in [0.29, 0.717) is 36.8 Å². The maximum absolute atomic E-state index is 12.0. The molecule has 0 unspecified atom stereocenters. The van der Waals surface area contributed by atoms with Gasteiger partial charge in [0.05, 0.1) is 18.0 Å². The minimum absolute atomic E-state index is 0.0703. The fourth-order valence-corrected chi connectivity index (χ4v) is 3.03. The molecule has 0 aliphatic carbocycles. The Hall–Kier alpha value is -0.940. The van der Waals surface area contributed by atoms with Gasteiger partial charge in [0.15, 0.2) is 0 Å². The molecule has 0 amide bonds. The third kappa shape index (κ3) is 6.01. The normalized spacial score (nSPS) is 11.3. The molecule has 0 aliphatic rings. The molecule has 0 fully saturated rings. The van der Waals surface area contributed by atoms with Crippen molar-refractivity contribution in [3.05, 3.63) is 23.8 Å². The zero-order chi connectivity index (χ0) is 15.0. The summed E-state index contributed by atoms with van der Waals surface area (Å²) in [6.07, 6.45) is 2.11. The highest BCUT2D eigenvalue weighted by molar-refractivity contribution is 7.92. The van der Waals surface area contributed by atoms with Gasteiger partial charge in [-0.1, -0.05) is 13.0 Å². The average Bonchev–Trinajstić information content (AvgIpc) is 2.39. The van der Waals surface area contributed by atoms with Crippen LogP contribution in [-0.4, -0.2) is 26.7 Å². The van der Waals surface area contributed by atoms with E-state index in [4.69, 9.17) is 16.3 Å². The average molecular weight is 320 g/mol. The molecular weight excluding hydrogens is 298 g/mol. The summed E-state index contributed by atoms with van der Waals surface area (Å²) in [4.78, 5) is 0. The van der Waals surface area contributed by atoms with E-state index in [1.165, 1.54) is 0 Å². The molecule has 114 valence electrons. The van der Waals surface area contributed by atoms with E-state index in [9.17, 15) is 8.42 Å². The van der Waals surface area contributed by atoms with Gasteiger partial charge in [0.1, 0.15) is 5.75 Å². The summed E-state index contributed by atoms with van der Waals surface area (Å²) in [6, 6.07) is 5.43. The Morgan fingerprint density at radius 3 is 2.70 bits per heavy atom. The molecule has 0 bridgehead atoms. The van der Waals surface area contributed by atoms with E-state index in [1.807, 2.05) is 26.0 Å². The van der Waals surface area contributed by atoms with Crippen molar-refractivity contribution in [2.24, 2.45) is 0 Å². The van der Waals surface area contributed by atoms with Gasteiger partial charge in [-0.3, -0.25) is 4.72 Å². The molecule has 1 N–H and O–H groups in total. The number of nitrogens with one attached hydrogen (secondary N) is 1. The zero-order valence-corrected chi connectivity index (χ0v) is 13.6. The summed E-state index contributed by atoms with van der Waals surface area (Å²) in [5.41, 5.74) is 1.52. The first-order valence-electron chi connectivity index (χ1n) is 6.78. The summed E-state index contributed by atoms with van der Waals surface area (Å²) in [5, 5.41) is 0. The van der Waals surface area contributed by atoms with Crippen LogP contribution in [0.25, 0.3) is 0 Å². The topological polar surface area (TPSA) is 55.4 Å². The van der Waals surface area contributed by atoms with E-state index >= 15 is 0 Å². The number of hydrogen-bond donors (Lipinski definition) is 1. The summed E-state index contributed by atoms with van der Waals surface area (Å²) in [7, 11) is -3.36. The van der Waals surface area contributed by atoms with Crippen LogP contribution in [0.1, 0.15) is 31.7 Å². The number of unbranched alkanes of at least 4 members (excludes halogenated alkanes) is 1. The van der Waals surface area contributed by atoms with E-state index in [-0.39, 0.29) is 5.75 Å². The van der Waals surface area contributed by atoms with Crippen molar-refractivity contribution >= 4 is 27.3 Å². The second kappa shape index (κ2) is 8.37. The minimum Gasteiger partial charge on any atom is -0.491 e. The van der Waals surface area contributed by atoms with Crippen LogP contribution in [0.4, 0.5) is 5.69 Å². The monoisotopic (exact) mass is 319 g/mol. The highest BCUT2D eigenvalue weighted by Crippen LogP contribution is 2.27. The second-order valence-corrected chi connectivity index (χ2v) is 6.88. The maximum atomic E-state index is 12.0.